The molecule has 2 heterocycles. The van der Waals surface area contributed by atoms with Crippen LogP contribution in [0.5, 0.6) is 0 Å². The van der Waals surface area contributed by atoms with Gasteiger partial charge in [-0.15, -0.1) is 0 Å². The molecule has 0 aliphatic heterocycles. The number of hydrogen-bond acceptors (Lipinski definition) is 4. The monoisotopic (exact) mass is 261 g/mol. The zero-order valence-corrected chi connectivity index (χ0v) is 11.4. The van der Waals surface area contributed by atoms with Crippen LogP contribution in [0.25, 0.3) is 11.0 Å². The fourth-order valence-corrected chi connectivity index (χ4v) is 1.81. The summed E-state index contributed by atoms with van der Waals surface area (Å²) in [4.78, 5) is 16.1. The summed E-state index contributed by atoms with van der Waals surface area (Å²) in [5.41, 5.74) is 7.13. The van der Waals surface area contributed by atoms with Crippen molar-refractivity contribution in [1.82, 2.24) is 14.8 Å². The summed E-state index contributed by atoms with van der Waals surface area (Å²) in [7, 11) is 0. The minimum absolute atomic E-state index is 0.195. The van der Waals surface area contributed by atoms with Crippen LogP contribution >= 0.6 is 0 Å². The summed E-state index contributed by atoms with van der Waals surface area (Å²) in [6.07, 6.45) is 3.98. The van der Waals surface area contributed by atoms with Gasteiger partial charge in [0.05, 0.1) is 24.1 Å². The first-order valence-electron chi connectivity index (χ1n) is 6.42. The van der Waals surface area contributed by atoms with E-state index in [-0.39, 0.29) is 11.9 Å². The molecule has 102 valence electrons. The number of pyridine rings is 1. The van der Waals surface area contributed by atoms with Crippen molar-refractivity contribution in [3.05, 3.63) is 18.5 Å². The lowest BCUT2D eigenvalue weighted by atomic mass is 10.2. The highest BCUT2D eigenvalue weighted by Crippen LogP contribution is 2.19. The molecule has 0 aliphatic rings. The Balaban J connectivity index is 2.25. The number of nitrogens with one attached hydrogen (secondary N) is 1. The molecule has 0 spiro atoms. The van der Waals surface area contributed by atoms with Crippen LogP contribution in [0.3, 0.4) is 0 Å². The van der Waals surface area contributed by atoms with E-state index in [4.69, 9.17) is 5.73 Å². The molecule has 6 heteroatoms. The summed E-state index contributed by atoms with van der Waals surface area (Å²) in [5, 5.41) is 7.94. The van der Waals surface area contributed by atoms with Crippen molar-refractivity contribution in [2.75, 3.05) is 5.32 Å². The molecule has 3 N–H and O–H groups in total. The van der Waals surface area contributed by atoms with Crippen LogP contribution < -0.4 is 11.1 Å². The predicted octanol–water partition coefficient (Wildman–Crippen LogP) is 1.69. The van der Waals surface area contributed by atoms with Crippen LogP contribution in [-0.2, 0) is 4.79 Å². The normalized spacial score (nSPS) is 12.9. The summed E-state index contributed by atoms with van der Waals surface area (Å²) < 4.78 is 1.85. The molecule has 1 atom stereocenters. The molecule has 2 rings (SSSR count). The SMILES string of the molecule is CCC(N)C(=O)Nc1cnc2c(cnn2C(C)C)c1. The van der Waals surface area contributed by atoms with Gasteiger partial charge in [-0.2, -0.15) is 5.10 Å². The number of carbonyl (C=O) groups is 1. The molecule has 0 aliphatic carbocycles. The fourth-order valence-electron chi connectivity index (χ4n) is 1.81. The maximum Gasteiger partial charge on any atom is 0.241 e. The van der Waals surface area contributed by atoms with Gasteiger partial charge in [0.2, 0.25) is 5.91 Å². The van der Waals surface area contributed by atoms with E-state index in [1.165, 1.54) is 0 Å². The highest BCUT2D eigenvalue weighted by molar-refractivity contribution is 5.95. The Morgan fingerprint density at radius 1 is 1.47 bits per heavy atom. The Bertz CT molecular complexity index is 590. The summed E-state index contributed by atoms with van der Waals surface area (Å²) >= 11 is 0. The molecule has 0 bridgehead atoms. The van der Waals surface area contributed by atoms with E-state index in [0.717, 1.165) is 11.0 Å². The predicted molar refractivity (Wildman–Crippen MR) is 74.8 cm³/mol. The molecule has 0 radical (unpaired) electrons. The highest BCUT2D eigenvalue weighted by Gasteiger charge is 2.12. The third-order valence-corrected chi connectivity index (χ3v) is 2.97. The number of hydrogen-bond donors (Lipinski definition) is 2. The van der Waals surface area contributed by atoms with Crippen LogP contribution in [0, 0.1) is 0 Å². The fraction of sp³-hybridized carbons (Fsp3) is 0.462. The maximum atomic E-state index is 11.7. The van der Waals surface area contributed by atoms with E-state index in [0.29, 0.717) is 12.1 Å². The van der Waals surface area contributed by atoms with Crippen LogP contribution in [0.4, 0.5) is 5.69 Å². The molecule has 0 saturated heterocycles. The molecule has 0 saturated carbocycles. The number of aromatic nitrogens is 3. The average Bonchev–Trinajstić information content (AvgIpc) is 2.80. The molecular weight excluding hydrogens is 242 g/mol. The second-order valence-corrected chi connectivity index (χ2v) is 4.82. The second-order valence-electron chi connectivity index (χ2n) is 4.82. The van der Waals surface area contributed by atoms with Crippen LogP contribution in [0.1, 0.15) is 33.2 Å². The number of fused-ring (bicyclic) bond motifs is 1. The van der Waals surface area contributed by atoms with E-state index in [9.17, 15) is 4.79 Å². The van der Waals surface area contributed by atoms with Crippen molar-refractivity contribution in [1.29, 1.82) is 0 Å². The van der Waals surface area contributed by atoms with Crippen molar-refractivity contribution in [2.45, 2.75) is 39.3 Å². The largest absolute Gasteiger partial charge is 0.323 e. The van der Waals surface area contributed by atoms with Crippen LogP contribution in [0.15, 0.2) is 18.5 Å². The van der Waals surface area contributed by atoms with E-state index in [1.54, 1.807) is 12.4 Å². The molecule has 6 nitrogen and oxygen atoms in total. The number of anilines is 1. The third kappa shape index (κ3) is 2.73. The van der Waals surface area contributed by atoms with Gasteiger partial charge < -0.3 is 11.1 Å². The smallest absolute Gasteiger partial charge is 0.241 e. The van der Waals surface area contributed by atoms with Gasteiger partial charge in [0.15, 0.2) is 5.65 Å². The first-order valence-corrected chi connectivity index (χ1v) is 6.42. The number of carbonyl (C=O) groups excluding carboxylic acids is 1. The average molecular weight is 261 g/mol. The van der Waals surface area contributed by atoms with Crippen LogP contribution in [-0.4, -0.2) is 26.7 Å². The molecule has 0 aromatic carbocycles. The highest BCUT2D eigenvalue weighted by atomic mass is 16.2. The van der Waals surface area contributed by atoms with Gasteiger partial charge in [0, 0.05) is 11.4 Å². The van der Waals surface area contributed by atoms with Gasteiger partial charge in [0.1, 0.15) is 0 Å². The number of nitrogens with two attached hydrogens (primary N) is 1. The minimum atomic E-state index is -0.492. The van der Waals surface area contributed by atoms with Crippen molar-refractivity contribution >= 4 is 22.6 Å². The summed E-state index contributed by atoms with van der Waals surface area (Å²) in [6.45, 7) is 5.96. The molecule has 1 unspecified atom stereocenters. The van der Waals surface area contributed by atoms with Gasteiger partial charge in [0.25, 0.3) is 0 Å². The molecule has 0 fully saturated rings. The Hall–Kier alpha value is -1.95. The number of nitrogens with zero attached hydrogens (tertiary/aromatic N) is 3. The van der Waals surface area contributed by atoms with Gasteiger partial charge in [-0.3, -0.25) is 4.79 Å². The zero-order chi connectivity index (χ0) is 14.0. The van der Waals surface area contributed by atoms with E-state index >= 15 is 0 Å². The molecular formula is C13H19N5O. The van der Waals surface area contributed by atoms with E-state index in [2.05, 4.69) is 15.4 Å². The second kappa shape index (κ2) is 5.36. The van der Waals surface area contributed by atoms with Gasteiger partial charge in [-0.25, -0.2) is 9.67 Å². The van der Waals surface area contributed by atoms with Crippen LogP contribution in [0.2, 0.25) is 0 Å². The molecule has 2 aromatic rings. The third-order valence-electron chi connectivity index (χ3n) is 2.97. The zero-order valence-electron chi connectivity index (χ0n) is 11.4. The van der Waals surface area contributed by atoms with Crippen molar-refractivity contribution in [3.8, 4) is 0 Å². The minimum Gasteiger partial charge on any atom is -0.323 e. The lowest BCUT2D eigenvalue weighted by molar-refractivity contribution is -0.117. The van der Waals surface area contributed by atoms with Gasteiger partial charge in [-0.1, -0.05) is 6.92 Å². The molecule has 2 aromatic heterocycles. The first-order chi connectivity index (χ1) is 9.02. The van der Waals surface area contributed by atoms with Crippen molar-refractivity contribution in [3.63, 3.8) is 0 Å². The van der Waals surface area contributed by atoms with Crippen molar-refractivity contribution < 1.29 is 4.79 Å². The Morgan fingerprint density at radius 3 is 2.84 bits per heavy atom. The van der Waals surface area contributed by atoms with Gasteiger partial charge >= 0.3 is 0 Å². The standard InChI is InChI=1S/C13H19N5O/c1-4-11(14)13(19)17-10-5-9-6-16-18(8(2)3)12(9)15-7-10/h5-8,11H,4,14H2,1-3H3,(H,17,19). The van der Waals surface area contributed by atoms with E-state index in [1.807, 2.05) is 31.5 Å². The number of amides is 1. The Kier molecular flexibility index (Phi) is 3.80. The molecule has 19 heavy (non-hydrogen) atoms. The first kappa shape index (κ1) is 13.5. The lowest BCUT2D eigenvalue weighted by Crippen LogP contribution is -2.34. The topological polar surface area (TPSA) is 85.8 Å². The summed E-state index contributed by atoms with van der Waals surface area (Å²) in [5.74, 6) is -0.195. The Labute approximate surface area is 112 Å². The Morgan fingerprint density at radius 2 is 2.21 bits per heavy atom. The van der Waals surface area contributed by atoms with Crippen molar-refractivity contribution in [2.24, 2.45) is 5.73 Å². The van der Waals surface area contributed by atoms with E-state index < -0.39 is 6.04 Å². The summed E-state index contributed by atoms with van der Waals surface area (Å²) in [6, 6.07) is 1.61. The van der Waals surface area contributed by atoms with Gasteiger partial charge in [-0.05, 0) is 26.3 Å². The maximum absolute atomic E-state index is 11.7. The quantitative estimate of drug-likeness (QED) is 0.877. The number of rotatable bonds is 4. The molecule has 1 amide bonds. The lowest BCUT2D eigenvalue weighted by Gasteiger charge is -2.10.